The minimum Gasteiger partial charge on any atom is -0.250 e. The van der Waals surface area contributed by atoms with Gasteiger partial charge in [-0.05, 0) is 25.8 Å². The topological polar surface area (TPSA) is 12.4 Å². The summed E-state index contributed by atoms with van der Waals surface area (Å²) < 4.78 is 0. The van der Waals surface area contributed by atoms with Crippen molar-refractivity contribution < 1.29 is 0 Å². The summed E-state index contributed by atoms with van der Waals surface area (Å²) in [5, 5.41) is 1.80. The van der Waals surface area contributed by atoms with E-state index >= 15 is 0 Å². The number of thioether (sulfide) groups is 1. The first-order chi connectivity index (χ1) is 5.66. The van der Waals surface area contributed by atoms with Crippen LogP contribution in [0.2, 0.25) is 0 Å². The quantitative estimate of drug-likeness (QED) is 0.557. The fraction of sp³-hybridized carbons (Fsp3) is 0.500. The zero-order valence-electron chi connectivity index (χ0n) is 7.66. The Bertz CT molecular complexity index is 299. The van der Waals surface area contributed by atoms with E-state index < -0.39 is 0 Å². The lowest BCUT2D eigenvalue weighted by atomic mass is 9.96. The maximum absolute atomic E-state index is 4.51. The Balaban J connectivity index is 2.35. The molecule has 1 nitrogen and oxygen atoms in total. The Morgan fingerprint density at radius 1 is 1.42 bits per heavy atom. The van der Waals surface area contributed by atoms with Crippen LogP contribution in [0.1, 0.15) is 20.8 Å². The van der Waals surface area contributed by atoms with Gasteiger partial charge in [-0.2, -0.15) is 0 Å². The van der Waals surface area contributed by atoms with Crippen LogP contribution < -0.4 is 0 Å². The van der Waals surface area contributed by atoms with Gasteiger partial charge in [-0.3, -0.25) is 4.99 Å². The van der Waals surface area contributed by atoms with Crippen LogP contribution in [0.3, 0.4) is 0 Å². The van der Waals surface area contributed by atoms with Crippen molar-refractivity contribution in [1.82, 2.24) is 0 Å². The molecule has 2 rings (SSSR count). The summed E-state index contributed by atoms with van der Waals surface area (Å²) in [4.78, 5) is 4.51. The van der Waals surface area contributed by atoms with Crippen LogP contribution in [0.5, 0.6) is 0 Å². The molecule has 0 aromatic rings. The van der Waals surface area contributed by atoms with E-state index in [9.17, 15) is 0 Å². The van der Waals surface area contributed by atoms with Gasteiger partial charge in [-0.25, -0.2) is 0 Å². The largest absolute Gasteiger partial charge is 0.250 e. The summed E-state index contributed by atoms with van der Waals surface area (Å²) in [6.45, 7) is 6.50. The van der Waals surface area contributed by atoms with Gasteiger partial charge in [0.25, 0.3) is 0 Å². The van der Waals surface area contributed by atoms with E-state index in [1.165, 1.54) is 16.3 Å². The maximum atomic E-state index is 4.51. The molecule has 0 fully saturated rings. The number of hydrogen-bond donors (Lipinski definition) is 0. The molecular formula is C10H13NS. The highest BCUT2D eigenvalue weighted by molar-refractivity contribution is 8.14. The summed E-state index contributed by atoms with van der Waals surface area (Å²) in [6.07, 6.45) is 4.53. The van der Waals surface area contributed by atoms with Gasteiger partial charge in [0.05, 0.1) is 16.0 Å². The van der Waals surface area contributed by atoms with E-state index in [1.807, 2.05) is 11.8 Å². The predicted octanol–water partition coefficient (Wildman–Crippen LogP) is 3.00. The molecule has 2 heteroatoms. The molecule has 64 valence electrons. The molecule has 12 heavy (non-hydrogen) atoms. The van der Waals surface area contributed by atoms with Crippen LogP contribution >= 0.6 is 11.8 Å². The van der Waals surface area contributed by atoms with Crippen LogP contribution in [-0.4, -0.2) is 10.3 Å². The highest BCUT2D eigenvalue weighted by Crippen LogP contribution is 2.39. The number of aliphatic imine (C=N–C) groups is 1. The summed E-state index contributed by atoms with van der Waals surface area (Å²) in [5.41, 5.74) is 2.62. The second-order valence-electron chi connectivity index (χ2n) is 3.51. The zero-order valence-corrected chi connectivity index (χ0v) is 8.48. The van der Waals surface area contributed by atoms with Crippen molar-refractivity contribution in [2.24, 2.45) is 10.9 Å². The number of fused-ring (bicyclic) bond motifs is 1. The van der Waals surface area contributed by atoms with Crippen LogP contribution in [-0.2, 0) is 0 Å². The molecule has 1 aliphatic heterocycles. The lowest BCUT2D eigenvalue weighted by Gasteiger charge is -2.20. The molecule has 0 aromatic carbocycles. The van der Waals surface area contributed by atoms with E-state index in [2.05, 4.69) is 37.9 Å². The fourth-order valence-electron chi connectivity index (χ4n) is 1.79. The third-order valence-corrected chi connectivity index (χ3v) is 3.61. The van der Waals surface area contributed by atoms with Crippen LogP contribution in [0.15, 0.2) is 28.4 Å². The van der Waals surface area contributed by atoms with Crippen LogP contribution in [0.4, 0.5) is 0 Å². The van der Waals surface area contributed by atoms with Gasteiger partial charge < -0.3 is 0 Å². The highest BCUT2D eigenvalue weighted by Gasteiger charge is 2.28. The van der Waals surface area contributed by atoms with E-state index in [0.29, 0.717) is 11.2 Å². The number of nitrogens with zero attached hydrogens (tertiary/aromatic N) is 1. The molecule has 2 atom stereocenters. The summed E-state index contributed by atoms with van der Waals surface area (Å²) in [6, 6.07) is 0. The first-order valence-corrected chi connectivity index (χ1v) is 5.17. The summed E-state index contributed by atoms with van der Waals surface area (Å²) in [7, 11) is 0. The van der Waals surface area contributed by atoms with Gasteiger partial charge in [0.15, 0.2) is 0 Å². The Hall–Kier alpha value is -0.500. The Kier molecular flexibility index (Phi) is 1.87. The van der Waals surface area contributed by atoms with Crippen LogP contribution in [0.25, 0.3) is 0 Å². The van der Waals surface area contributed by atoms with Gasteiger partial charge in [-0.15, -0.1) is 11.8 Å². The zero-order chi connectivity index (χ0) is 8.72. The molecule has 0 amide bonds. The minimum absolute atomic E-state index is 0.591. The Morgan fingerprint density at radius 2 is 2.17 bits per heavy atom. The number of allylic oxidation sites excluding steroid dienone is 3. The predicted molar refractivity (Wildman–Crippen MR) is 55.5 cm³/mol. The fourth-order valence-corrected chi connectivity index (χ4v) is 2.85. The van der Waals surface area contributed by atoms with Gasteiger partial charge in [0, 0.05) is 0 Å². The SMILES string of the molecule is CC1=C[C@@H](C)C2SC(C)=NC2=C1. The van der Waals surface area contributed by atoms with Gasteiger partial charge in [0.2, 0.25) is 0 Å². The molecule has 0 saturated heterocycles. The van der Waals surface area contributed by atoms with Crippen molar-refractivity contribution in [3.8, 4) is 0 Å². The average Bonchev–Trinajstić information content (AvgIpc) is 2.29. The maximum Gasteiger partial charge on any atom is 0.0710 e. The minimum atomic E-state index is 0.591. The van der Waals surface area contributed by atoms with Gasteiger partial charge >= 0.3 is 0 Å². The lowest BCUT2D eigenvalue weighted by Crippen LogP contribution is -2.15. The van der Waals surface area contributed by atoms with E-state index in [0.717, 1.165) is 0 Å². The van der Waals surface area contributed by atoms with Crippen molar-refractivity contribution in [3.63, 3.8) is 0 Å². The van der Waals surface area contributed by atoms with Gasteiger partial charge in [0.1, 0.15) is 0 Å². The molecule has 0 saturated carbocycles. The molecule has 0 N–H and O–H groups in total. The molecule has 1 heterocycles. The normalized spacial score (nSPS) is 33.8. The molecule has 0 spiro atoms. The average molecular weight is 179 g/mol. The van der Waals surface area contributed by atoms with Crippen LogP contribution in [0, 0.1) is 5.92 Å². The highest BCUT2D eigenvalue weighted by atomic mass is 32.2. The molecule has 2 aliphatic rings. The molecular weight excluding hydrogens is 166 g/mol. The Morgan fingerprint density at radius 3 is 2.92 bits per heavy atom. The molecule has 1 aliphatic carbocycles. The van der Waals surface area contributed by atoms with E-state index in [-0.39, 0.29) is 0 Å². The van der Waals surface area contributed by atoms with Crippen molar-refractivity contribution >= 4 is 16.8 Å². The van der Waals surface area contributed by atoms with E-state index in [1.54, 1.807) is 0 Å². The second-order valence-corrected chi connectivity index (χ2v) is 4.84. The number of hydrogen-bond acceptors (Lipinski definition) is 2. The molecule has 0 aromatic heterocycles. The third kappa shape index (κ3) is 1.24. The monoisotopic (exact) mass is 179 g/mol. The summed E-state index contributed by atoms with van der Waals surface area (Å²) in [5.74, 6) is 0.635. The van der Waals surface area contributed by atoms with Crippen molar-refractivity contribution in [2.75, 3.05) is 0 Å². The smallest absolute Gasteiger partial charge is 0.0710 e. The number of rotatable bonds is 0. The first-order valence-electron chi connectivity index (χ1n) is 4.29. The standard InChI is InChI=1S/C10H13NS/c1-6-4-7(2)10-9(5-6)11-8(3)12-10/h4-5,7,10H,1-3H3/t7-,10?/m1/s1. The Labute approximate surface area is 77.7 Å². The third-order valence-electron chi connectivity index (χ3n) is 2.25. The van der Waals surface area contributed by atoms with Gasteiger partial charge in [-0.1, -0.05) is 18.6 Å². The lowest BCUT2D eigenvalue weighted by molar-refractivity contribution is 0.718. The summed E-state index contributed by atoms with van der Waals surface area (Å²) >= 11 is 1.90. The molecule has 0 radical (unpaired) electrons. The van der Waals surface area contributed by atoms with Crippen molar-refractivity contribution in [2.45, 2.75) is 26.0 Å². The first kappa shape index (κ1) is 8.11. The second kappa shape index (κ2) is 2.77. The molecule has 0 bridgehead atoms. The van der Waals surface area contributed by atoms with Crippen molar-refractivity contribution in [1.29, 1.82) is 0 Å². The van der Waals surface area contributed by atoms with Crippen molar-refractivity contribution in [3.05, 3.63) is 23.4 Å². The van der Waals surface area contributed by atoms with E-state index in [4.69, 9.17) is 0 Å². The molecule has 1 unspecified atom stereocenters.